The van der Waals surface area contributed by atoms with Crippen LogP contribution in [0, 0.1) is 0 Å². The number of imidazole rings is 1. The van der Waals surface area contributed by atoms with Crippen LogP contribution in [0.4, 0.5) is 4.79 Å². The smallest absolute Gasteiger partial charge is 0.410 e. The second-order valence-electron chi connectivity index (χ2n) is 6.70. The number of ether oxygens (including phenoxy) is 1. The summed E-state index contributed by atoms with van der Waals surface area (Å²) in [5.74, 6) is 0. The lowest BCUT2D eigenvalue weighted by Crippen LogP contribution is -2.35. The molecule has 5 nitrogen and oxygen atoms in total. The van der Waals surface area contributed by atoms with E-state index < -0.39 is 5.60 Å². The lowest BCUT2D eigenvalue weighted by Gasteiger charge is -2.24. The van der Waals surface area contributed by atoms with E-state index in [1.54, 1.807) is 11.9 Å². The number of hydrogen-bond acceptors (Lipinski definition) is 3. The molecule has 0 aliphatic heterocycles. The lowest BCUT2D eigenvalue weighted by atomic mass is 10.1. The third kappa shape index (κ3) is 5.09. The molecule has 0 saturated carbocycles. The van der Waals surface area contributed by atoms with Gasteiger partial charge < -0.3 is 14.2 Å². The van der Waals surface area contributed by atoms with Gasteiger partial charge in [-0.2, -0.15) is 0 Å². The molecule has 2 rings (SSSR count). The summed E-state index contributed by atoms with van der Waals surface area (Å²) in [6, 6.07) is 10.1. The maximum Gasteiger partial charge on any atom is 0.410 e. The van der Waals surface area contributed by atoms with Crippen molar-refractivity contribution in [1.29, 1.82) is 0 Å². The van der Waals surface area contributed by atoms with Crippen LogP contribution in [0.3, 0.4) is 0 Å². The number of benzene rings is 1. The predicted octanol–water partition coefficient (Wildman–Crippen LogP) is 4.57. The maximum absolute atomic E-state index is 12.0. The van der Waals surface area contributed by atoms with Gasteiger partial charge in [0.15, 0.2) is 0 Å². The van der Waals surface area contributed by atoms with Crippen molar-refractivity contribution in [3.8, 4) is 11.3 Å². The lowest BCUT2D eigenvalue weighted by molar-refractivity contribution is 0.0295. The number of aromatic nitrogens is 2. The number of rotatable bonds is 5. The number of carbonyl (C=O) groups is 1. The van der Waals surface area contributed by atoms with E-state index in [1.807, 2.05) is 45.3 Å². The third-order valence-corrected chi connectivity index (χ3v) is 4.02. The van der Waals surface area contributed by atoms with Crippen molar-refractivity contribution in [3.05, 3.63) is 41.3 Å². The van der Waals surface area contributed by atoms with Gasteiger partial charge in [-0.3, -0.25) is 0 Å². The average Bonchev–Trinajstić information content (AvgIpc) is 2.87. The fourth-order valence-electron chi connectivity index (χ4n) is 2.32. The van der Waals surface area contributed by atoms with E-state index in [-0.39, 0.29) is 6.09 Å². The van der Waals surface area contributed by atoms with Gasteiger partial charge in [0.2, 0.25) is 0 Å². The van der Waals surface area contributed by atoms with Gasteiger partial charge in [0.05, 0.1) is 12.0 Å². The van der Waals surface area contributed by atoms with Gasteiger partial charge >= 0.3 is 6.09 Å². The number of aryl methyl sites for hydroxylation is 1. The molecule has 1 aromatic carbocycles. The highest BCUT2D eigenvalue weighted by atomic mass is 79.9. The summed E-state index contributed by atoms with van der Waals surface area (Å²) in [4.78, 5) is 17.9. The Hall–Kier alpha value is -1.82. The highest BCUT2D eigenvalue weighted by Crippen LogP contribution is 2.27. The van der Waals surface area contributed by atoms with Gasteiger partial charge in [0.1, 0.15) is 10.2 Å². The van der Waals surface area contributed by atoms with Crippen LogP contribution in [0.2, 0.25) is 0 Å². The van der Waals surface area contributed by atoms with Crippen LogP contribution in [-0.2, 0) is 11.3 Å². The van der Waals surface area contributed by atoms with Crippen LogP contribution < -0.4 is 0 Å². The van der Waals surface area contributed by atoms with E-state index in [1.165, 1.54) is 0 Å². The first kappa shape index (κ1) is 18.5. The van der Waals surface area contributed by atoms with Gasteiger partial charge in [-0.05, 0) is 43.1 Å². The first-order chi connectivity index (χ1) is 11.3. The second kappa shape index (κ2) is 7.83. The minimum atomic E-state index is -0.471. The molecule has 0 saturated heterocycles. The minimum absolute atomic E-state index is 0.294. The number of carbonyl (C=O) groups excluding carboxylic acids is 1. The van der Waals surface area contributed by atoms with Crippen LogP contribution >= 0.6 is 15.9 Å². The summed E-state index contributed by atoms with van der Waals surface area (Å²) in [6.07, 6.45) is 2.34. The molecule has 0 aliphatic rings. The van der Waals surface area contributed by atoms with Crippen LogP contribution in [0.1, 0.15) is 27.2 Å². The van der Waals surface area contributed by atoms with E-state index >= 15 is 0 Å². The third-order valence-electron chi connectivity index (χ3n) is 3.44. The van der Waals surface area contributed by atoms with E-state index in [0.717, 1.165) is 28.8 Å². The fraction of sp³-hybridized carbons (Fsp3) is 0.444. The first-order valence-corrected chi connectivity index (χ1v) is 8.77. The van der Waals surface area contributed by atoms with Gasteiger partial charge in [0.25, 0.3) is 0 Å². The molecule has 6 heteroatoms. The number of amides is 1. The first-order valence-electron chi connectivity index (χ1n) is 7.98. The minimum Gasteiger partial charge on any atom is -0.444 e. The number of hydrogen-bond donors (Lipinski definition) is 0. The molecule has 1 aromatic heterocycles. The molecule has 1 amide bonds. The zero-order valence-corrected chi connectivity index (χ0v) is 16.2. The molecule has 0 spiro atoms. The molecule has 0 N–H and O–H groups in total. The van der Waals surface area contributed by atoms with Crippen LogP contribution in [0.5, 0.6) is 0 Å². The predicted molar refractivity (Wildman–Crippen MR) is 98.8 cm³/mol. The van der Waals surface area contributed by atoms with Crippen molar-refractivity contribution in [2.75, 3.05) is 13.6 Å². The molecule has 2 aromatic rings. The highest BCUT2D eigenvalue weighted by molar-refractivity contribution is 9.10. The van der Waals surface area contributed by atoms with Crippen molar-refractivity contribution in [1.82, 2.24) is 14.5 Å². The number of halogens is 1. The summed E-state index contributed by atoms with van der Waals surface area (Å²) in [5, 5.41) is 0. The Kier molecular flexibility index (Phi) is 6.04. The van der Waals surface area contributed by atoms with Crippen molar-refractivity contribution in [2.45, 2.75) is 39.3 Å². The Morgan fingerprint density at radius 3 is 2.58 bits per heavy atom. The van der Waals surface area contributed by atoms with Crippen LogP contribution in [0.25, 0.3) is 11.3 Å². The Balaban J connectivity index is 1.95. The van der Waals surface area contributed by atoms with E-state index in [4.69, 9.17) is 4.74 Å². The molecule has 0 fully saturated rings. The van der Waals surface area contributed by atoms with Gasteiger partial charge in [-0.1, -0.05) is 30.3 Å². The molecule has 0 bridgehead atoms. The average molecular weight is 394 g/mol. The zero-order chi connectivity index (χ0) is 17.7. The normalized spacial score (nSPS) is 11.4. The molecular formula is C18H24BrN3O2. The van der Waals surface area contributed by atoms with Crippen molar-refractivity contribution >= 4 is 22.0 Å². The molecule has 130 valence electrons. The Morgan fingerprint density at radius 1 is 1.29 bits per heavy atom. The van der Waals surface area contributed by atoms with E-state index in [2.05, 4.69) is 37.6 Å². The second-order valence-corrected chi connectivity index (χ2v) is 7.45. The van der Waals surface area contributed by atoms with Crippen LogP contribution in [-0.4, -0.2) is 39.7 Å². The molecule has 24 heavy (non-hydrogen) atoms. The summed E-state index contributed by atoms with van der Waals surface area (Å²) in [5.41, 5.74) is 1.69. The summed E-state index contributed by atoms with van der Waals surface area (Å²) in [7, 11) is 1.76. The van der Waals surface area contributed by atoms with E-state index in [0.29, 0.717) is 6.54 Å². The Bertz CT molecular complexity index is 677. The van der Waals surface area contributed by atoms with Gasteiger partial charge in [-0.25, -0.2) is 9.78 Å². The van der Waals surface area contributed by atoms with Crippen LogP contribution in [0.15, 0.2) is 41.3 Å². The highest BCUT2D eigenvalue weighted by Gasteiger charge is 2.19. The fourth-order valence-corrected chi connectivity index (χ4v) is 2.87. The van der Waals surface area contributed by atoms with Crippen molar-refractivity contribution in [3.63, 3.8) is 0 Å². The molecule has 0 unspecified atom stereocenters. The van der Waals surface area contributed by atoms with E-state index in [9.17, 15) is 4.79 Å². The molecule has 0 atom stereocenters. The topological polar surface area (TPSA) is 47.4 Å². The van der Waals surface area contributed by atoms with Crippen molar-refractivity contribution in [2.24, 2.45) is 0 Å². The standard InChI is InChI=1S/C18H24BrN3O2/c1-18(2,3)24-17(23)21(4)11-8-12-22-13-20-16(19)15(22)14-9-6-5-7-10-14/h5-7,9-10,13H,8,11-12H2,1-4H3. The molecule has 1 heterocycles. The maximum atomic E-state index is 12.0. The molecular weight excluding hydrogens is 370 g/mol. The summed E-state index contributed by atoms with van der Waals surface area (Å²) >= 11 is 3.51. The monoisotopic (exact) mass is 393 g/mol. The number of nitrogens with zero attached hydrogens (tertiary/aromatic N) is 3. The molecule has 0 aliphatic carbocycles. The molecule has 0 radical (unpaired) electrons. The SMILES string of the molecule is CN(CCCn1cnc(Br)c1-c1ccccc1)C(=O)OC(C)(C)C. The Morgan fingerprint density at radius 2 is 1.96 bits per heavy atom. The van der Waals surface area contributed by atoms with Gasteiger partial charge in [0, 0.05) is 25.7 Å². The summed E-state index contributed by atoms with van der Waals surface area (Å²) in [6.45, 7) is 7.00. The van der Waals surface area contributed by atoms with Gasteiger partial charge in [-0.15, -0.1) is 0 Å². The quantitative estimate of drug-likeness (QED) is 0.747. The zero-order valence-electron chi connectivity index (χ0n) is 14.6. The Labute approximate surface area is 151 Å². The van der Waals surface area contributed by atoms with Crippen molar-refractivity contribution < 1.29 is 9.53 Å². The summed E-state index contributed by atoms with van der Waals surface area (Å²) < 4.78 is 8.29. The largest absolute Gasteiger partial charge is 0.444 e.